The molecule has 3 nitrogen and oxygen atoms in total. The van der Waals surface area contributed by atoms with Crippen LogP contribution in [-0.4, -0.2) is 9.97 Å². The molecule has 1 aromatic heterocycles. The van der Waals surface area contributed by atoms with Crippen molar-refractivity contribution >= 4 is 0 Å². The van der Waals surface area contributed by atoms with E-state index in [0.717, 1.165) is 11.5 Å². The molecule has 14 heavy (non-hydrogen) atoms. The molecule has 1 heterocycles. The second-order valence-electron chi connectivity index (χ2n) is 4.74. The van der Waals surface area contributed by atoms with Gasteiger partial charge in [-0.05, 0) is 19.8 Å². The number of hydrogen-bond donors (Lipinski definition) is 2. The Morgan fingerprint density at radius 2 is 2.14 bits per heavy atom. The summed E-state index contributed by atoms with van der Waals surface area (Å²) in [6, 6.07) is 0.0567. The Kier molecular flexibility index (Phi) is 2.35. The van der Waals surface area contributed by atoms with Crippen LogP contribution >= 0.6 is 0 Å². The van der Waals surface area contributed by atoms with Crippen LogP contribution in [0.2, 0.25) is 0 Å². The molecule has 1 aromatic rings. The summed E-state index contributed by atoms with van der Waals surface area (Å²) >= 11 is 0. The van der Waals surface area contributed by atoms with Crippen molar-refractivity contribution in [2.24, 2.45) is 5.73 Å². The first kappa shape index (κ1) is 9.71. The molecule has 3 heteroatoms. The lowest BCUT2D eigenvalue weighted by Crippen LogP contribution is -2.19. The van der Waals surface area contributed by atoms with Crippen LogP contribution in [0.4, 0.5) is 0 Å². The van der Waals surface area contributed by atoms with Gasteiger partial charge in [-0.3, -0.25) is 0 Å². The highest BCUT2D eigenvalue weighted by Gasteiger charge is 2.33. The molecule has 0 aromatic carbocycles. The number of H-pyrrole nitrogens is 1. The van der Waals surface area contributed by atoms with Gasteiger partial charge < -0.3 is 10.7 Å². The highest BCUT2D eigenvalue weighted by molar-refractivity contribution is 5.14. The fourth-order valence-electron chi connectivity index (χ4n) is 2.27. The third kappa shape index (κ3) is 1.57. The summed E-state index contributed by atoms with van der Waals surface area (Å²) in [5.41, 5.74) is 7.12. The van der Waals surface area contributed by atoms with Crippen LogP contribution in [0, 0.1) is 0 Å². The van der Waals surface area contributed by atoms with Crippen LogP contribution in [-0.2, 0) is 5.41 Å². The number of nitrogens with zero attached hydrogens (tertiary/aromatic N) is 1. The van der Waals surface area contributed by atoms with Crippen molar-refractivity contribution in [3.05, 3.63) is 17.7 Å². The third-order valence-corrected chi connectivity index (χ3v) is 3.36. The molecule has 0 amide bonds. The largest absolute Gasteiger partial charge is 0.344 e. The van der Waals surface area contributed by atoms with Gasteiger partial charge in [0.05, 0.1) is 5.69 Å². The van der Waals surface area contributed by atoms with Gasteiger partial charge >= 0.3 is 0 Å². The van der Waals surface area contributed by atoms with Crippen molar-refractivity contribution in [2.75, 3.05) is 0 Å². The first-order chi connectivity index (χ1) is 6.62. The lowest BCUT2D eigenvalue weighted by Gasteiger charge is -2.20. The van der Waals surface area contributed by atoms with Gasteiger partial charge in [-0.15, -0.1) is 0 Å². The lowest BCUT2D eigenvalue weighted by molar-refractivity contribution is 0.462. The molecule has 78 valence electrons. The summed E-state index contributed by atoms with van der Waals surface area (Å²) in [7, 11) is 0. The molecule has 1 saturated carbocycles. The van der Waals surface area contributed by atoms with Gasteiger partial charge in [0.25, 0.3) is 0 Å². The van der Waals surface area contributed by atoms with Gasteiger partial charge in [-0.25, -0.2) is 4.98 Å². The van der Waals surface area contributed by atoms with Gasteiger partial charge in [0.2, 0.25) is 0 Å². The van der Waals surface area contributed by atoms with E-state index in [-0.39, 0.29) is 11.5 Å². The van der Waals surface area contributed by atoms with Gasteiger partial charge in [0.15, 0.2) is 0 Å². The van der Waals surface area contributed by atoms with E-state index in [9.17, 15) is 0 Å². The molecule has 0 aliphatic heterocycles. The molecular formula is C11H19N3. The van der Waals surface area contributed by atoms with Crippen molar-refractivity contribution in [1.82, 2.24) is 9.97 Å². The van der Waals surface area contributed by atoms with Gasteiger partial charge in [-0.2, -0.15) is 0 Å². The molecule has 0 saturated heterocycles. The standard InChI is InChI=1S/C11H19N3/c1-8(12)9-7-13-10(14-9)11(2)5-3-4-6-11/h7-8H,3-6,12H2,1-2H3,(H,13,14). The molecule has 0 radical (unpaired) electrons. The van der Waals surface area contributed by atoms with Crippen molar-refractivity contribution in [3.63, 3.8) is 0 Å². The first-order valence-electron chi connectivity index (χ1n) is 5.43. The Hall–Kier alpha value is -0.830. The second-order valence-corrected chi connectivity index (χ2v) is 4.74. The number of rotatable bonds is 2. The van der Waals surface area contributed by atoms with Crippen LogP contribution in [0.15, 0.2) is 6.20 Å². The van der Waals surface area contributed by atoms with Gasteiger partial charge in [0, 0.05) is 17.7 Å². The highest BCUT2D eigenvalue weighted by atomic mass is 15.0. The van der Waals surface area contributed by atoms with Crippen LogP contribution in [0.3, 0.4) is 0 Å². The summed E-state index contributed by atoms with van der Waals surface area (Å²) in [6.07, 6.45) is 7.02. The van der Waals surface area contributed by atoms with E-state index in [1.807, 2.05) is 13.1 Å². The van der Waals surface area contributed by atoms with E-state index in [2.05, 4.69) is 16.9 Å². The lowest BCUT2D eigenvalue weighted by atomic mass is 9.88. The molecule has 3 N–H and O–H groups in total. The molecule has 0 spiro atoms. The van der Waals surface area contributed by atoms with Crippen molar-refractivity contribution in [3.8, 4) is 0 Å². The zero-order valence-electron chi connectivity index (χ0n) is 9.01. The molecule has 1 aliphatic rings. The van der Waals surface area contributed by atoms with Crippen molar-refractivity contribution < 1.29 is 0 Å². The van der Waals surface area contributed by atoms with Crippen LogP contribution in [0.1, 0.15) is 57.1 Å². The van der Waals surface area contributed by atoms with E-state index >= 15 is 0 Å². The first-order valence-corrected chi connectivity index (χ1v) is 5.43. The van der Waals surface area contributed by atoms with Crippen molar-refractivity contribution in [1.29, 1.82) is 0 Å². The minimum atomic E-state index is 0.0567. The topological polar surface area (TPSA) is 54.7 Å². The Balaban J connectivity index is 2.23. The normalized spacial score (nSPS) is 22.5. The number of nitrogens with one attached hydrogen (secondary N) is 1. The number of imidazole rings is 1. The average Bonchev–Trinajstić information content (AvgIpc) is 2.71. The van der Waals surface area contributed by atoms with Crippen molar-refractivity contribution in [2.45, 2.75) is 51.0 Å². The van der Waals surface area contributed by atoms with Crippen LogP contribution in [0.25, 0.3) is 0 Å². The van der Waals surface area contributed by atoms with Crippen LogP contribution < -0.4 is 5.73 Å². The molecule has 2 rings (SSSR count). The summed E-state index contributed by atoms with van der Waals surface area (Å²) in [5, 5.41) is 0. The second kappa shape index (κ2) is 3.39. The van der Waals surface area contributed by atoms with Crippen LogP contribution in [0.5, 0.6) is 0 Å². The Labute approximate surface area is 85.1 Å². The molecule has 1 aliphatic carbocycles. The maximum atomic E-state index is 5.80. The monoisotopic (exact) mass is 193 g/mol. The number of hydrogen-bond acceptors (Lipinski definition) is 2. The quantitative estimate of drug-likeness (QED) is 0.757. The molecule has 1 unspecified atom stereocenters. The maximum absolute atomic E-state index is 5.80. The average molecular weight is 193 g/mol. The zero-order chi connectivity index (χ0) is 10.2. The summed E-state index contributed by atoms with van der Waals surface area (Å²) in [4.78, 5) is 7.81. The van der Waals surface area contributed by atoms with Gasteiger partial charge in [0.1, 0.15) is 5.82 Å². The fraction of sp³-hybridized carbons (Fsp3) is 0.727. The summed E-state index contributed by atoms with van der Waals surface area (Å²) in [6.45, 7) is 4.28. The van der Waals surface area contributed by atoms with E-state index in [1.165, 1.54) is 25.7 Å². The molecule has 1 fully saturated rings. The molecule has 0 bridgehead atoms. The minimum Gasteiger partial charge on any atom is -0.344 e. The minimum absolute atomic E-state index is 0.0567. The summed E-state index contributed by atoms with van der Waals surface area (Å²) < 4.78 is 0. The number of nitrogens with two attached hydrogens (primary N) is 1. The Morgan fingerprint density at radius 1 is 1.50 bits per heavy atom. The van der Waals surface area contributed by atoms with E-state index < -0.39 is 0 Å². The molecule has 1 atom stereocenters. The van der Waals surface area contributed by atoms with E-state index in [0.29, 0.717) is 0 Å². The van der Waals surface area contributed by atoms with E-state index in [1.54, 1.807) is 0 Å². The predicted molar refractivity (Wildman–Crippen MR) is 57.0 cm³/mol. The highest BCUT2D eigenvalue weighted by Crippen LogP contribution is 2.39. The SMILES string of the molecule is CC(N)c1cnc(C2(C)CCCC2)[nH]1. The molecular weight excluding hydrogens is 174 g/mol. The number of aromatic nitrogens is 2. The maximum Gasteiger partial charge on any atom is 0.112 e. The fourth-order valence-corrected chi connectivity index (χ4v) is 2.27. The summed E-state index contributed by atoms with van der Waals surface area (Å²) in [5.74, 6) is 1.13. The Morgan fingerprint density at radius 3 is 2.64 bits per heavy atom. The predicted octanol–water partition coefficient (Wildman–Crippen LogP) is 2.26. The smallest absolute Gasteiger partial charge is 0.112 e. The number of aromatic amines is 1. The Bertz CT molecular complexity index is 308. The van der Waals surface area contributed by atoms with E-state index in [4.69, 9.17) is 5.73 Å². The van der Waals surface area contributed by atoms with Gasteiger partial charge in [-0.1, -0.05) is 19.8 Å². The zero-order valence-corrected chi connectivity index (χ0v) is 9.01. The third-order valence-electron chi connectivity index (χ3n) is 3.36.